The molecular formula is C38H14F6N4O2. The molecule has 12 heteroatoms. The second kappa shape index (κ2) is 8.46. The molecule has 0 spiro atoms. The predicted octanol–water partition coefficient (Wildman–Crippen LogP) is 9.28. The van der Waals surface area contributed by atoms with Gasteiger partial charge in [0.25, 0.3) is 11.1 Å². The van der Waals surface area contributed by atoms with Crippen molar-refractivity contribution in [2.24, 2.45) is 0 Å². The Hall–Kier alpha value is -6.30. The maximum atomic E-state index is 15.3. The van der Waals surface area contributed by atoms with Crippen molar-refractivity contribution in [1.29, 1.82) is 0 Å². The third-order valence-corrected chi connectivity index (χ3v) is 10.2. The summed E-state index contributed by atoms with van der Waals surface area (Å²) in [6.07, 6.45) is -9.95. The van der Waals surface area contributed by atoms with Gasteiger partial charge in [-0.25, -0.2) is 9.97 Å². The number of fused-ring (bicyclic) bond motifs is 10. The number of para-hydroxylation sites is 4. The first kappa shape index (κ1) is 27.6. The lowest BCUT2D eigenvalue weighted by Gasteiger charge is -2.23. The molecule has 0 aliphatic rings. The van der Waals surface area contributed by atoms with Gasteiger partial charge in [0, 0.05) is 43.1 Å². The number of imidazole rings is 2. The summed E-state index contributed by atoms with van der Waals surface area (Å²) in [6, 6.07) is 20.4. The van der Waals surface area contributed by atoms with E-state index >= 15 is 26.3 Å². The van der Waals surface area contributed by atoms with E-state index in [-0.39, 0.29) is 75.9 Å². The fourth-order valence-electron chi connectivity index (χ4n) is 8.33. The standard InChI is InChI=1S/C38H14F6N4O2/c39-37(40,41)21-13-19-27-17(35(49)47-25-7-3-1-5-23(25)45-33(19)47)11-9-15-30-22(38(42,43)44)14-20-28-18(12-10-16(32(28)30)29(21)31(15)27)36(50)48-26-8-4-2-6-24(26)46-34(20)48/h1-14H. The van der Waals surface area contributed by atoms with E-state index in [1.165, 1.54) is 33.1 Å². The summed E-state index contributed by atoms with van der Waals surface area (Å²) in [4.78, 5) is 37.2. The Morgan fingerprint density at radius 1 is 0.440 bits per heavy atom. The smallest absolute Gasteiger partial charge is 0.268 e. The Balaban J connectivity index is 1.50. The van der Waals surface area contributed by atoms with Crippen molar-refractivity contribution in [3.05, 3.63) is 117 Å². The van der Waals surface area contributed by atoms with Gasteiger partial charge in [0.15, 0.2) is 0 Å². The zero-order chi connectivity index (χ0) is 34.2. The number of pyridine rings is 2. The molecule has 6 nitrogen and oxygen atoms in total. The molecule has 0 bridgehead atoms. The van der Waals surface area contributed by atoms with E-state index in [0.717, 1.165) is 12.1 Å². The fourth-order valence-corrected chi connectivity index (χ4v) is 8.33. The largest absolute Gasteiger partial charge is 0.417 e. The highest BCUT2D eigenvalue weighted by molar-refractivity contribution is 6.42. The molecule has 0 atom stereocenters. The van der Waals surface area contributed by atoms with Gasteiger partial charge in [-0.3, -0.25) is 18.4 Å². The molecule has 0 fully saturated rings. The Kier molecular flexibility index (Phi) is 4.67. The van der Waals surface area contributed by atoms with Crippen LogP contribution in [0.5, 0.6) is 0 Å². The van der Waals surface area contributed by atoms with Gasteiger partial charge < -0.3 is 0 Å². The van der Waals surface area contributed by atoms with Crippen molar-refractivity contribution in [3.8, 4) is 0 Å². The average molecular weight is 673 g/mol. The molecule has 50 heavy (non-hydrogen) atoms. The van der Waals surface area contributed by atoms with Gasteiger partial charge >= 0.3 is 12.4 Å². The van der Waals surface area contributed by atoms with E-state index in [9.17, 15) is 9.59 Å². The van der Waals surface area contributed by atoms with E-state index in [1.54, 1.807) is 48.5 Å². The third-order valence-electron chi connectivity index (χ3n) is 10.2. The highest BCUT2D eigenvalue weighted by Gasteiger charge is 2.39. The lowest BCUT2D eigenvalue weighted by Crippen LogP contribution is -2.16. The maximum absolute atomic E-state index is 15.3. The molecular weight excluding hydrogens is 658 g/mol. The van der Waals surface area contributed by atoms with Gasteiger partial charge in [-0.1, -0.05) is 36.4 Å². The lowest BCUT2D eigenvalue weighted by atomic mass is 9.82. The van der Waals surface area contributed by atoms with Gasteiger partial charge in [-0.05, 0) is 70.1 Å². The quantitative estimate of drug-likeness (QED) is 0.0915. The number of aromatic nitrogens is 4. The Morgan fingerprint density at radius 2 is 0.820 bits per heavy atom. The zero-order valence-electron chi connectivity index (χ0n) is 25.0. The minimum absolute atomic E-state index is 0.0183. The average Bonchev–Trinajstić information content (AvgIpc) is 3.67. The Labute approximate surface area is 272 Å². The van der Waals surface area contributed by atoms with Crippen LogP contribution in [0.2, 0.25) is 0 Å². The van der Waals surface area contributed by atoms with Crippen molar-refractivity contribution in [2.75, 3.05) is 0 Å². The molecule has 0 unspecified atom stereocenters. The van der Waals surface area contributed by atoms with Crippen LogP contribution in [0.25, 0.3) is 98.0 Å². The molecule has 0 amide bonds. The molecule has 0 aliphatic heterocycles. The first-order valence-corrected chi connectivity index (χ1v) is 15.4. The summed E-state index contributed by atoms with van der Waals surface area (Å²) in [7, 11) is 0. The van der Waals surface area contributed by atoms with Gasteiger partial charge in [0.05, 0.1) is 33.2 Å². The van der Waals surface area contributed by atoms with Gasteiger partial charge in [-0.15, -0.1) is 0 Å². The molecule has 4 aromatic heterocycles. The summed E-state index contributed by atoms with van der Waals surface area (Å²) in [5.41, 5.74) is -1.85. The normalized spacial score (nSPS) is 13.6. The monoisotopic (exact) mass is 672 g/mol. The zero-order valence-corrected chi connectivity index (χ0v) is 25.0. The van der Waals surface area contributed by atoms with Crippen LogP contribution in [-0.4, -0.2) is 18.8 Å². The number of nitrogens with zero attached hydrogens (tertiary/aromatic N) is 4. The van der Waals surface area contributed by atoms with Gasteiger partial charge in [0.2, 0.25) is 0 Å². The van der Waals surface area contributed by atoms with Crippen LogP contribution in [0, 0.1) is 0 Å². The van der Waals surface area contributed by atoms with Crippen LogP contribution in [0.4, 0.5) is 26.3 Å². The number of benzene rings is 7. The summed E-state index contributed by atoms with van der Waals surface area (Å²) >= 11 is 0. The minimum atomic E-state index is -4.97. The molecule has 0 N–H and O–H groups in total. The van der Waals surface area contributed by atoms with Crippen molar-refractivity contribution in [1.82, 2.24) is 18.8 Å². The summed E-state index contributed by atoms with van der Waals surface area (Å²) < 4.78 is 94.4. The predicted molar refractivity (Wildman–Crippen MR) is 180 cm³/mol. The third kappa shape index (κ3) is 3.08. The number of hydrogen-bond acceptors (Lipinski definition) is 4. The molecule has 0 saturated heterocycles. The SMILES string of the molecule is O=c1c2ccc3c4c(C(F)(F)F)cc5c6c(ccc(c7c(C(F)(F)F)cc(c2c37)c2nc3ccccc3n12)c46)c(=O)n1c2ccccc2nc51. The molecule has 0 radical (unpaired) electrons. The Morgan fingerprint density at radius 3 is 1.22 bits per heavy atom. The van der Waals surface area contributed by atoms with E-state index in [0.29, 0.717) is 22.1 Å². The van der Waals surface area contributed by atoms with Gasteiger partial charge in [0.1, 0.15) is 11.3 Å². The number of rotatable bonds is 0. The van der Waals surface area contributed by atoms with Crippen molar-refractivity contribution in [2.45, 2.75) is 12.4 Å². The number of halogens is 6. The number of hydrogen-bond donors (Lipinski definition) is 0. The van der Waals surface area contributed by atoms with Crippen LogP contribution in [0.15, 0.2) is 94.5 Å². The second-order valence-electron chi connectivity index (χ2n) is 12.6. The molecule has 11 rings (SSSR count). The van der Waals surface area contributed by atoms with Crippen molar-refractivity contribution >= 4 is 98.0 Å². The first-order valence-electron chi connectivity index (χ1n) is 15.4. The summed E-state index contributed by atoms with van der Waals surface area (Å²) in [6.45, 7) is 0. The van der Waals surface area contributed by atoms with E-state index in [4.69, 9.17) is 0 Å². The molecule has 11 aromatic rings. The Bertz CT molecular complexity index is 3220. The second-order valence-corrected chi connectivity index (χ2v) is 12.6. The van der Waals surface area contributed by atoms with Crippen LogP contribution < -0.4 is 11.1 Å². The first-order chi connectivity index (χ1) is 23.9. The van der Waals surface area contributed by atoms with Gasteiger partial charge in [-0.2, -0.15) is 26.3 Å². The molecule has 4 heterocycles. The van der Waals surface area contributed by atoms with E-state index in [2.05, 4.69) is 9.97 Å². The fraction of sp³-hybridized carbons (Fsp3) is 0.0526. The van der Waals surface area contributed by atoms with E-state index < -0.39 is 34.6 Å². The molecule has 0 saturated carbocycles. The summed E-state index contributed by atoms with van der Waals surface area (Å²) in [5, 5.41) is -1.02. The topological polar surface area (TPSA) is 68.7 Å². The van der Waals surface area contributed by atoms with E-state index in [1.807, 2.05) is 0 Å². The maximum Gasteiger partial charge on any atom is 0.417 e. The summed E-state index contributed by atoms with van der Waals surface area (Å²) in [5.74, 6) is 0. The van der Waals surface area contributed by atoms with Crippen LogP contribution in [-0.2, 0) is 12.4 Å². The molecule has 0 aliphatic carbocycles. The van der Waals surface area contributed by atoms with Crippen LogP contribution >= 0.6 is 0 Å². The molecule has 7 aromatic carbocycles. The van der Waals surface area contributed by atoms with Crippen molar-refractivity contribution < 1.29 is 26.3 Å². The lowest BCUT2D eigenvalue weighted by molar-refractivity contribution is -0.137. The van der Waals surface area contributed by atoms with Crippen LogP contribution in [0.1, 0.15) is 11.1 Å². The minimum Gasteiger partial charge on any atom is -0.268 e. The van der Waals surface area contributed by atoms with Crippen molar-refractivity contribution in [3.63, 3.8) is 0 Å². The highest BCUT2D eigenvalue weighted by Crippen LogP contribution is 2.52. The molecule has 240 valence electrons. The van der Waals surface area contributed by atoms with Crippen LogP contribution in [0.3, 0.4) is 0 Å². The number of alkyl halides is 6. The highest BCUT2D eigenvalue weighted by atomic mass is 19.4.